The Kier molecular flexibility index (Phi) is 13.2. The van der Waals surface area contributed by atoms with E-state index in [-0.39, 0.29) is 25.9 Å². The van der Waals surface area contributed by atoms with Crippen molar-refractivity contribution in [2.75, 3.05) is 22.5 Å². The number of hydrogen-bond donors (Lipinski definition) is 4. The smallest absolute Gasteiger partial charge is 0.326 e. The fourth-order valence-electron chi connectivity index (χ4n) is 5.17. The maximum absolute atomic E-state index is 12.2. The quantitative estimate of drug-likeness (QED) is 0.0855. The Balaban J connectivity index is 1.35. The van der Waals surface area contributed by atoms with Crippen LogP contribution in [0.5, 0.6) is 17.2 Å². The molecule has 0 aliphatic carbocycles. The molecule has 12 nitrogen and oxygen atoms in total. The lowest BCUT2D eigenvalue weighted by molar-refractivity contribution is -0.143. The van der Waals surface area contributed by atoms with Crippen molar-refractivity contribution in [3.05, 3.63) is 114 Å². The average Bonchev–Trinajstić information content (AvgIpc) is 3.06. The molecule has 0 aliphatic heterocycles. The van der Waals surface area contributed by atoms with Gasteiger partial charge in [-0.25, -0.2) is 13.2 Å². The summed E-state index contributed by atoms with van der Waals surface area (Å²) < 4.78 is 38.4. The molecule has 0 unspecified atom stereocenters. The van der Waals surface area contributed by atoms with Gasteiger partial charge in [0.1, 0.15) is 23.3 Å². The van der Waals surface area contributed by atoms with Crippen LogP contribution in [0.2, 0.25) is 0 Å². The fourth-order valence-corrected chi connectivity index (χ4v) is 5.79. The van der Waals surface area contributed by atoms with Crippen molar-refractivity contribution in [3.8, 4) is 17.2 Å². The SMILES string of the molecule is Cc1c(NS(C)(=O)=O)cccc1N(Cc1ccccc1)Cc1ccc(Oc2cccc(OCCCC(=O)N[C@@H](CCC(=O)O)C(=O)O)c2)cc1. The first-order valence-electron chi connectivity index (χ1n) is 16.0. The summed E-state index contributed by atoms with van der Waals surface area (Å²) >= 11 is 0. The first-order valence-corrected chi connectivity index (χ1v) is 17.9. The number of carboxylic acid groups (broad SMARTS) is 2. The molecule has 13 heteroatoms. The second-order valence-corrected chi connectivity index (χ2v) is 13.5. The lowest BCUT2D eigenvalue weighted by atomic mass is 10.1. The molecule has 0 fully saturated rings. The summed E-state index contributed by atoms with van der Waals surface area (Å²) in [4.78, 5) is 36.4. The predicted octanol–water partition coefficient (Wildman–Crippen LogP) is 5.96. The molecule has 1 atom stereocenters. The van der Waals surface area contributed by atoms with E-state index >= 15 is 0 Å². The van der Waals surface area contributed by atoms with Crippen LogP contribution in [0.15, 0.2) is 97.1 Å². The van der Waals surface area contributed by atoms with Crippen molar-refractivity contribution in [2.24, 2.45) is 0 Å². The normalized spacial score (nSPS) is 11.6. The van der Waals surface area contributed by atoms with Crippen molar-refractivity contribution in [2.45, 2.75) is 51.7 Å². The molecule has 4 aromatic rings. The Hall–Kier alpha value is -5.56. The van der Waals surface area contributed by atoms with Crippen molar-refractivity contribution in [1.82, 2.24) is 5.32 Å². The van der Waals surface area contributed by atoms with Gasteiger partial charge in [0.25, 0.3) is 0 Å². The second-order valence-electron chi connectivity index (χ2n) is 11.7. The number of sulfonamides is 1. The van der Waals surface area contributed by atoms with E-state index in [2.05, 4.69) is 27.1 Å². The van der Waals surface area contributed by atoms with Gasteiger partial charge in [-0.05, 0) is 72.9 Å². The second kappa shape index (κ2) is 17.7. The molecular formula is C37H41N3O9S. The highest BCUT2D eigenvalue weighted by Gasteiger charge is 2.21. The highest BCUT2D eigenvalue weighted by Crippen LogP contribution is 2.31. The Morgan fingerprint density at radius 3 is 2.12 bits per heavy atom. The molecule has 0 radical (unpaired) electrons. The number of anilines is 2. The van der Waals surface area contributed by atoms with E-state index < -0.39 is 33.9 Å². The number of nitrogens with one attached hydrogen (secondary N) is 2. The standard InChI is InChI=1S/C37H41N3O9S/c1-26-32(39-50(2,46)47)13-7-14-34(26)40(24-27-9-4-3-5-10-27)25-28-16-18-29(19-17-28)49-31-12-6-11-30(23-31)48-22-8-15-35(41)38-33(37(44)45)20-21-36(42)43/h3-7,9-14,16-19,23,33,39H,8,15,20-22,24-25H2,1-2H3,(H,38,41)(H,42,43)(H,44,45)/t33-/m0/s1. The summed E-state index contributed by atoms with van der Waals surface area (Å²) in [6.45, 7) is 3.26. The molecule has 0 saturated heterocycles. The van der Waals surface area contributed by atoms with Crippen LogP contribution in [-0.2, 0) is 37.5 Å². The van der Waals surface area contributed by atoms with Gasteiger partial charge >= 0.3 is 11.9 Å². The molecule has 0 bridgehead atoms. The molecule has 0 heterocycles. The van der Waals surface area contributed by atoms with E-state index in [0.29, 0.717) is 42.4 Å². The van der Waals surface area contributed by atoms with E-state index in [1.54, 1.807) is 30.3 Å². The van der Waals surface area contributed by atoms with Crippen molar-refractivity contribution < 1.29 is 42.5 Å². The zero-order chi connectivity index (χ0) is 36.1. The summed E-state index contributed by atoms with van der Waals surface area (Å²) in [6.07, 6.45) is 0.915. The monoisotopic (exact) mass is 703 g/mol. The molecule has 1 amide bonds. The van der Waals surface area contributed by atoms with Crippen LogP contribution in [-0.4, -0.2) is 55.4 Å². The molecule has 264 valence electrons. The van der Waals surface area contributed by atoms with E-state index in [9.17, 15) is 27.9 Å². The number of hydrogen-bond acceptors (Lipinski definition) is 8. The van der Waals surface area contributed by atoms with Crippen LogP contribution >= 0.6 is 0 Å². The lowest BCUT2D eigenvalue weighted by Gasteiger charge is -2.28. The summed E-state index contributed by atoms with van der Waals surface area (Å²) in [7, 11) is -3.45. The minimum atomic E-state index is -3.45. The lowest BCUT2D eigenvalue weighted by Crippen LogP contribution is -2.41. The van der Waals surface area contributed by atoms with E-state index in [1.165, 1.54) is 0 Å². The number of carbonyl (C=O) groups excluding carboxylic acids is 1. The van der Waals surface area contributed by atoms with Gasteiger partial charge in [-0.15, -0.1) is 0 Å². The third-order valence-electron chi connectivity index (χ3n) is 7.59. The van der Waals surface area contributed by atoms with Gasteiger partial charge in [-0.3, -0.25) is 14.3 Å². The fraction of sp³-hybridized carbons (Fsp3) is 0.270. The van der Waals surface area contributed by atoms with Crippen molar-refractivity contribution >= 4 is 39.2 Å². The summed E-state index contributed by atoms with van der Waals surface area (Å²) in [5.74, 6) is -1.22. The number of carbonyl (C=O) groups is 3. The number of aliphatic carboxylic acids is 2. The highest BCUT2D eigenvalue weighted by atomic mass is 32.2. The first kappa shape index (κ1) is 37.3. The Morgan fingerprint density at radius 1 is 0.800 bits per heavy atom. The summed E-state index contributed by atoms with van der Waals surface area (Å²) in [5, 5.41) is 20.3. The van der Waals surface area contributed by atoms with Gasteiger partial charge < -0.3 is 29.9 Å². The van der Waals surface area contributed by atoms with Crippen molar-refractivity contribution in [3.63, 3.8) is 0 Å². The third kappa shape index (κ3) is 12.2. The largest absolute Gasteiger partial charge is 0.493 e. The van der Waals surface area contributed by atoms with E-state index in [1.807, 2.05) is 61.5 Å². The molecular weight excluding hydrogens is 662 g/mol. The van der Waals surface area contributed by atoms with Gasteiger partial charge in [0.05, 0.1) is 18.6 Å². The number of amides is 1. The topological polar surface area (TPSA) is 172 Å². The molecule has 0 spiro atoms. The number of nitrogens with zero attached hydrogens (tertiary/aromatic N) is 1. The Labute approximate surface area is 291 Å². The molecule has 4 rings (SSSR count). The average molecular weight is 704 g/mol. The third-order valence-corrected chi connectivity index (χ3v) is 8.18. The van der Waals surface area contributed by atoms with Crippen LogP contribution in [0, 0.1) is 6.92 Å². The zero-order valence-corrected chi connectivity index (χ0v) is 28.7. The number of rotatable bonds is 19. The van der Waals surface area contributed by atoms with Crippen LogP contribution < -0.4 is 24.4 Å². The van der Waals surface area contributed by atoms with Crippen LogP contribution in [0.25, 0.3) is 0 Å². The predicted molar refractivity (Wildman–Crippen MR) is 190 cm³/mol. The van der Waals surface area contributed by atoms with E-state index in [0.717, 1.165) is 28.6 Å². The van der Waals surface area contributed by atoms with Gasteiger partial charge in [0.15, 0.2) is 0 Å². The molecule has 4 aromatic carbocycles. The highest BCUT2D eigenvalue weighted by molar-refractivity contribution is 7.92. The number of ether oxygens (including phenoxy) is 2. The molecule has 50 heavy (non-hydrogen) atoms. The molecule has 4 N–H and O–H groups in total. The van der Waals surface area contributed by atoms with Crippen LogP contribution in [0.4, 0.5) is 11.4 Å². The minimum Gasteiger partial charge on any atom is -0.493 e. The van der Waals surface area contributed by atoms with Crippen molar-refractivity contribution in [1.29, 1.82) is 0 Å². The maximum Gasteiger partial charge on any atom is 0.326 e. The molecule has 0 saturated carbocycles. The van der Waals surface area contributed by atoms with Gasteiger partial charge in [0, 0.05) is 37.7 Å². The number of benzene rings is 4. The zero-order valence-electron chi connectivity index (χ0n) is 27.9. The van der Waals surface area contributed by atoms with Gasteiger partial charge in [-0.2, -0.15) is 0 Å². The molecule has 0 aliphatic rings. The maximum atomic E-state index is 12.2. The van der Waals surface area contributed by atoms with Gasteiger partial charge in [-0.1, -0.05) is 54.6 Å². The van der Waals surface area contributed by atoms with Crippen LogP contribution in [0.1, 0.15) is 42.4 Å². The molecule has 0 aromatic heterocycles. The van der Waals surface area contributed by atoms with Gasteiger partial charge in [0.2, 0.25) is 15.9 Å². The summed E-state index contributed by atoms with van der Waals surface area (Å²) in [5.41, 5.74) is 4.38. The minimum absolute atomic E-state index is 0.0186. The number of carboxylic acids is 2. The van der Waals surface area contributed by atoms with E-state index in [4.69, 9.17) is 14.6 Å². The Bertz CT molecular complexity index is 1870. The summed E-state index contributed by atoms with van der Waals surface area (Å²) in [6, 6.07) is 29.1. The van der Waals surface area contributed by atoms with Crippen LogP contribution in [0.3, 0.4) is 0 Å². The Morgan fingerprint density at radius 2 is 1.46 bits per heavy atom. The first-order chi connectivity index (χ1) is 23.9.